The van der Waals surface area contributed by atoms with E-state index < -0.39 is 5.54 Å². The van der Waals surface area contributed by atoms with Crippen LogP contribution in [0.4, 0.5) is 0 Å². The third-order valence-electron chi connectivity index (χ3n) is 5.37. The van der Waals surface area contributed by atoms with Gasteiger partial charge in [0.15, 0.2) is 0 Å². The number of hydrogen-bond acceptors (Lipinski definition) is 4. The van der Waals surface area contributed by atoms with Gasteiger partial charge in [0.2, 0.25) is 5.90 Å². The number of benzene rings is 2. The van der Waals surface area contributed by atoms with Gasteiger partial charge in [-0.3, -0.25) is 0 Å². The smallest absolute Gasteiger partial charge is 0.216 e. The van der Waals surface area contributed by atoms with Crippen molar-refractivity contribution < 1.29 is 4.74 Å². The molecule has 0 amide bonds. The summed E-state index contributed by atoms with van der Waals surface area (Å²) in [5, 5.41) is 5.49. The SMILES string of the molecule is Clc1ccc(CC2(Cn3ccnc3)COC(c3ccc(-c4ccsc4)cc3)=N2)c(Cl)c1. The molecule has 0 fully saturated rings. The second-order valence-electron chi connectivity index (χ2n) is 7.67. The minimum absolute atomic E-state index is 0.464. The Morgan fingerprint density at radius 3 is 2.58 bits per heavy atom. The van der Waals surface area contributed by atoms with Crippen molar-refractivity contribution in [2.45, 2.75) is 18.5 Å². The van der Waals surface area contributed by atoms with E-state index in [9.17, 15) is 0 Å². The van der Waals surface area contributed by atoms with Crippen LogP contribution in [-0.2, 0) is 17.7 Å². The molecule has 0 saturated carbocycles. The molecule has 1 unspecified atom stereocenters. The van der Waals surface area contributed by atoms with Crippen LogP contribution < -0.4 is 0 Å². The Balaban J connectivity index is 1.46. The lowest BCUT2D eigenvalue weighted by Gasteiger charge is -2.25. The van der Waals surface area contributed by atoms with Gasteiger partial charge in [0.05, 0.1) is 12.9 Å². The van der Waals surface area contributed by atoms with E-state index in [4.69, 9.17) is 32.9 Å². The molecule has 0 bridgehead atoms. The third kappa shape index (κ3) is 4.40. The molecule has 0 aliphatic carbocycles. The van der Waals surface area contributed by atoms with Crippen molar-refractivity contribution in [1.82, 2.24) is 9.55 Å². The molecule has 0 spiro atoms. The van der Waals surface area contributed by atoms with Gasteiger partial charge in [0.1, 0.15) is 12.1 Å². The fourth-order valence-electron chi connectivity index (χ4n) is 3.83. The first-order valence-electron chi connectivity index (χ1n) is 9.86. The van der Waals surface area contributed by atoms with Crippen LogP contribution in [0.2, 0.25) is 10.0 Å². The molecule has 31 heavy (non-hydrogen) atoms. The molecule has 0 saturated heterocycles. The molecule has 5 rings (SSSR count). The number of rotatable bonds is 6. The lowest BCUT2D eigenvalue weighted by atomic mass is 9.92. The number of aliphatic imine (C=N–C) groups is 1. The van der Waals surface area contributed by atoms with E-state index in [1.807, 2.05) is 22.9 Å². The van der Waals surface area contributed by atoms with E-state index in [-0.39, 0.29) is 0 Å². The maximum atomic E-state index is 6.48. The minimum Gasteiger partial charge on any atom is -0.475 e. The van der Waals surface area contributed by atoms with Gasteiger partial charge in [-0.2, -0.15) is 11.3 Å². The van der Waals surface area contributed by atoms with Crippen molar-refractivity contribution in [3.05, 3.63) is 99.2 Å². The quantitative estimate of drug-likeness (QED) is 0.330. The van der Waals surface area contributed by atoms with Gasteiger partial charge in [-0.1, -0.05) is 41.4 Å². The minimum atomic E-state index is -0.487. The number of halogens is 2. The molecule has 1 aliphatic rings. The summed E-state index contributed by atoms with van der Waals surface area (Å²) in [7, 11) is 0. The van der Waals surface area contributed by atoms with Crippen LogP contribution in [0.1, 0.15) is 11.1 Å². The van der Waals surface area contributed by atoms with Crippen LogP contribution in [0.25, 0.3) is 11.1 Å². The van der Waals surface area contributed by atoms with Crippen molar-refractivity contribution >= 4 is 40.4 Å². The standard InChI is InChI=1S/C24H19Cl2N3OS/c25-21-6-5-19(22(26)11-21)12-24(14-29-9-8-27-16-29)15-30-23(28-24)18-3-1-17(2-4-18)20-7-10-31-13-20/h1-11,13,16H,12,14-15H2. The first-order chi connectivity index (χ1) is 15.1. The van der Waals surface area contributed by atoms with Gasteiger partial charge < -0.3 is 9.30 Å². The fraction of sp³-hybridized carbons (Fsp3) is 0.167. The lowest BCUT2D eigenvalue weighted by molar-refractivity contribution is 0.233. The maximum Gasteiger partial charge on any atom is 0.216 e. The Bertz CT molecular complexity index is 1200. The summed E-state index contributed by atoms with van der Waals surface area (Å²) in [4.78, 5) is 9.25. The summed E-state index contributed by atoms with van der Waals surface area (Å²) in [5.74, 6) is 0.655. The molecule has 4 aromatic rings. The highest BCUT2D eigenvalue weighted by molar-refractivity contribution is 7.08. The Hall–Kier alpha value is -2.60. The molecule has 7 heteroatoms. The Kier molecular flexibility index (Phi) is 5.57. The molecular formula is C24H19Cl2N3OS. The van der Waals surface area contributed by atoms with E-state index in [0.717, 1.165) is 11.1 Å². The molecule has 0 radical (unpaired) electrons. The van der Waals surface area contributed by atoms with E-state index in [0.29, 0.717) is 35.5 Å². The Morgan fingerprint density at radius 1 is 1.03 bits per heavy atom. The predicted octanol–water partition coefficient (Wildman–Crippen LogP) is 6.38. The summed E-state index contributed by atoms with van der Waals surface area (Å²) in [6.07, 6.45) is 6.15. The zero-order chi connectivity index (χ0) is 21.3. The highest BCUT2D eigenvalue weighted by Crippen LogP contribution is 2.32. The summed E-state index contributed by atoms with van der Waals surface area (Å²) in [6.45, 7) is 1.11. The normalized spacial score (nSPS) is 18.1. The number of ether oxygens (including phenoxy) is 1. The van der Waals surface area contributed by atoms with Gasteiger partial charge >= 0.3 is 0 Å². The zero-order valence-electron chi connectivity index (χ0n) is 16.5. The molecule has 0 N–H and O–H groups in total. The predicted molar refractivity (Wildman–Crippen MR) is 127 cm³/mol. The molecule has 4 nitrogen and oxygen atoms in total. The Labute approximate surface area is 194 Å². The van der Waals surface area contributed by atoms with Crippen LogP contribution in [0, 0.1) is 0 Å². The first-order valence-corrected chi connectivity index (χ1v) is 11.6. The number of aromatic nitrogens is 2. The topological polar surface area (TPSA) is 39.4 Å². The van der Waals surface area contributed by atoms with E-state index in [2.05, 4.69) is 46.1 Å². The lowest BCUT2D eigenvalue weighted by Crippen LogP contribution is -2.36. The second-order valence-corrected chi connectivity index (χ2v) is 9.29. The van der Waals surface area contributed by atoms with Crippen LogP contribution >= 0.6 is 34.5 Å². The summed E-state index contributed by atoms with van der Waals surface area (Å²) < 4.78 is 8.15. The first kappa shape index (κ1) is 20.3. The van der Waals surface area contributed by atoms with Gasteiger partial charge in [-0.15, -0.1) is 0 Å². The summed E-state index contributed by atoms with van der Waals surface area (Å²) in [6, 6.07) is 16.1. The van der Waals surface area contributed by atoms with Gasteiger partial charge in [-0.05, 0) is 57.8 Å². The summed E-state index contributed by atoms with van der Waals surface area (Å²) in [5.41, 5.74) is 3.87. The molecular weight excluding hydrogens is 449 g/mol. The van der Waals surface area contributed by atoms with Crippen molar-refractivity contribution in [1.29, 1.82) is 0 Å². The van der Waals surface area contributed by atoms with Crippen LogP contribution in [0.3, 0.4) is 0 Å². The highest BCUT2D eigenvalue weighted by atomic mass is 35.5. The van der Waals surface area contributed by atoms with Crippen molar-refractivity contribution in [3.8, 4) is 11.1 Å². The fourth-order valence-corrected chi connectivity index (χ4v) is 4.97. The molecule has 1 aliphatic heterocycles. The average Bonchev–Trinajstić information content (AvgIpc) is 3.53. The monoisotopic (exact) mass is 467 g/mol. The van der Waals surface area contributed by atoms with Gasteiger partial charge in [0.25, 0.3) is 0 Å². The summed E-state index contributed by atoms with van der Waals surface area (Å²) >= 11 is 14.3. The molecule has 2 aromatic heterocycles. The molecule has 3 heterocycles. The molecule has 156 valence electrons. The van der Waals surface area contributed by atoms with E-state index >= 15 is 0 Å². The van der Waals surface area contributed by atoms with E-state index in [1.54, 1.807) is 29.9 Å². The average molecular weight is 468 g/mol. The highest BCUT2D eigenvalue weighted by Gasteiger charge is 2.38. The largest absolute Gasteiger partial charge is 0.475 e. The number of nitrogens with zero attached hydrogens (tertiary/aromatic N) is 3. The van der Waals surface area contributed by atoms with Gasteiger partial charge in [0, 0.05) is 34.4 Å². The van der Waals surface area contributed by atoms with E-state index in [1.165, 1.54) is 11.1 Å². The van der Waals surface area contributed by atoms with Crippen molar-refractivity contribution in [2.24, 2.45) is 4.99 Å². The third-order valence-corrected chi connectivity index (χ3v) is 6.64. The number of thiophene rings is 1. The van der Waals surface area contributed by atoms with Crippen molar-refractivity contribution in [3.63, 3.8) is 0 Å². The van der Waals surface area contributed by atoms with Gasteiger partial charge in [-0.25, -0.2) is 9.98 Å². The zero-order valence-corrected chi connectivity index (χ0v) is 18.9. The number of imidazole rings is 1. The van der Waals surface area contributed by atoms with Crippen LogP contribution in [-0.4, -0.2) is 27.6 Å². The second kappa shape index (κ2) is 8.50. The van der Waals surface area contributed by atoms with Crippen LogP contribution in [0.15, 0.2) is 83.0 Å². The van der Waals surface area contributed by atoms with Crippen molar-refractivity contribution in [2.75, 3.05) is 6.61 Å². The van der Waals surface area contributed by atoms with Crippen LogP contribution in [0.5, 0.6) is 0 Å². The number of hydrogen-bond donors (Lipinski definition) is 0. The molecule has 2 aromatic carbocycles. The Morgan fingerprint density at radius 2 is 1.87 bits per heavy atom. The maximum absolute atomic E-state index is 6.48. The molecule has 1 atom stereocenters.